The van der Waals surface area contributed by atoms with Crippen LogP contribution in [-0.2, 0) is 0 Å². The first-order chi connectivity index (χ1) is 6.18. The van der Waals surface area contributed by atoms with Crippen LogP contribution >= 0.6 is 0 Å². The molecule has 0 saturated heterocycles. The summed E-state index contributed by atoms with van der Waals surface area (Å²) in [6.45, 7) is 9.19. The van der Waals surface area contributed by atoms with E-state index in [2.05, 4.69) is 39.8 Å². The van der Waals surface area contributed by atoms with Gasteiger partial charge in [0.1, 0.15) is 0 Å². The van der Waals surface area contributed by atoms with Crippen molar-refractivity contribution in [2.45, 2.75) is 59.8 Å². The van der Waals surface area contributed by atoms with Gasteiger partial charge < -0.3 is 0 Å². The van der Waals surface area contributed by atoms with Gasteiger partial charge in [0, 0.05) is 0 Å². The van der Waals surface area contributed by atoms with Gasteiger partial charge in [-0.3, -0.25) is 0 Å². The van der Waals surface area contributed by atoms with Crippen LogP contribution in [0.3, 0.4) is 0 Å². The molecule has 0 aliphatic carbocycles. The molecule has 0 aromatic heterocycles. The van der Waals surface area contributed by atoms with Crippen molar-refractivity contribution in [3.8, 4) is 0 Å². The van der Waals surface area contributed by atoms with Crippen LogP contribution in [-0.4, -0.2) is 0 Å². The van der Waals surface area contributed by atoms with Crippen LogP contribution < -0.4 is 0 Å². The molecular weight excluding hydrogens is 156 g/mol. The van der Waals surface area contributed by atoms with Crippen molar-refractivity contribution >= 4 is 0 Å². The average molecular weight is 182 g/mol. The van der Waals surface area contributed by atoms with E-state index in [1.54, 1.807) is 0 Å². The zero-order chi connectivity index (χ0) is 10.1. The predicted molar refractivity (Wildman–Crippen MR) is 61.9 cm³/mol. The normalized spacial score (nSPS) is 14.2. The first-order valence-electron chi connectivity index (χ1n) is 5.83. The van der Waals surface area contributed by atoms with Crippen molar-refractivity contribution in [1.82, 2.24) is 0 Å². The van der Waals surface area contributed by atoms with E-state index < -0.39 is 0 Å². The molecule has 0 spiro atoms. The van der Waals surface area contributed by atoms with Gasteiger partial charge >= 0.3 is 0 Å². The molecule has 13 heavy (non-hydrogen) atoms. The smallest absolute Gasteiger partial charge is 0.0322 e. The molecule has 0 aliphatic rings. The quantitative estimate of drug-likeness (QED) is 0.392. The van der Waals surface area contributed by atoms with Crippen LogP contribution in [0.5, 0.6) is 0 Å². The van der Waals surface area contributed by atoms with Gasteiger partial charge in [-0.15, -0.1) is 0 Å². The summed E-state index contributed by atoms with van der Waals surface area (Å²) in [6, 6.07) is 0. The van der Waals surface area contributed by atoms with Crippen molar-refractivity contribution in [2.24, 2.45) is 11.8 Å². The largest absolute Gasteiger partial charge is 0.0885 e. The molecule has 0 radical (unpaired) electrons. The fourth-order valence-electron chi connectivity index (χ4n) is 1.21. The van der Waals surface area contributed by atoms with Crippen molar-refractivity contribution in [3.05, 3.63) is 12.2 Å². The van der Waals surface area contributed by atoms with Gasteiger partial charge in [0.25, 0.3) is 0 Å². The molecule has 0 bridgehead atoms. The van der Waals surface area contributed by atoms with Gasteiger partial charge in [-0.2, -0.15) is 0 Å². The van der Waals surface area contributed by atoms with Gasteiger partial charge in [0.15, 0.2) is 0 Å². The summed E-state index contributed by atoms with van der Waals surface area (Å²) in [4.78, 5) is 0. The summed E-state index contributed by atoms with van der Waals surface area (Å²) in [5.74, 6) is 1.66. The van der Waals surface area contributed by atoms with E-state index >= 15 is 0 Å². The highest BCUT2D eigenvalue weighted by atomic mass is 14.1. The number of unbranched alkanes of at least 4 members (excludes halogenated alkanes) is 3. The maximum atomic E-state index is 2.36. The SMILES string of the molecule is CCCCC/C=C/CC(C)C(C)C. The molecule has 0 aliphatic heterocycles. The Morgan fingerprint density at radius 2 is 1.69 bits per heavy atom. The second-order valence-corrected chi connectivity index (χ2v) is 4.42. The van der Waals surface area contributed by atoms with E-state index in [1.807, 2.05) is 0 Å². The Hall–Kier alpha value is -0.260. The number of allylic oxidation sites excluding steroid dienone is 2. The summed E-state index contributed by atoms with van der Waals surface area (Å²) in [7, 11) is 0. The summed E-state index contributed by atoms with van der Waals surface area (Å²) < 4.78 is 0. The minimum absolute atomic E-state index is 0.820. The molecule has 0 amide bonds. The first kappa shape index (κ1) is 12.7. The third-order valence-electron chi connectivity index (χ3n) is 2.79. The van der Waals surface area contributed by atoms with Crippen molar-refractivity contribution < 1.29 is 0 Å². The minimum Gasteiger partial charge on any atom is -0.0885 e. The van der Waals surface area contributed by atoms with Crippen molar-refractivity contribution in [1.29, 1.82) is 0 Å². The number of hydrogen-bond acceptors (Lipinski definition) is 0. The molecule has 1 atom stereocenters. The van der Waals surface area contributed by atoms with E-state index in [1.165, 1.54) is 32.1 Å². The van der Waals surface area contributed by atoms with Crippen LogP contribution in [0.25, 0.3) is 0 Å². The van der Waals surface area contributed by atoms with Crippen LogP contribution in [0.1, 0.15) is 59.8 Å². The first-order valence-corrected chi connectivity index (χ1v) is 5.83. The highest BCUT2D eigenvalue weighted by Crippen LogP contribution is 2.14. The third-order valence-corrected chi connectivity index (χ3v) is 2.79. The lowest BCUT2D eigenvalue weighted by Crippen LogP contribution is -2.01. The Kier molecular flexibility index (Phi) is 8.18. The highest BCUT2D eigenvalue weighted by Gasteiger charge is 2.03. The molecule has 0 saturated carbocycles. The van der Waals surface area contributed by atoms with Gasteiger partial charge in [-0.1, -0.05) is 52.7 Å². The molecule has 0 heteroatoms. The average Bonchev–Trinajstić information content (AvgIpc) is 2.10. The predicted octanol–water partition coefficient (Wildman–Crippen LogP) is 4.81. The number of rotatable bonds is 7. The van der Waals surface area contributed by atoms with E-state index in [9.17, 15) is 0 Å². The van der Waals surface area contributed by atoms with Crippen LogP contribution in [0.4, 0.5) is 0 Å². The molecule has 0 nitrogen and oxygen atoms in total. The molecular formula is C13H26. The van der Waals surface area contributed by atoms with Crippen LogP contribution in [0.2, 0.25) is 0 Å². The van der Waals surface area contributed by atoms with Crippen molar-refractivity contribution in [3.63, 3.8) is 0 Å². The van der Waals surface area contributed by atoms with Gasteiger partial charge in [-0.05, 0) is 31.1 Å². The van der Waals surface area contributed by atoms with E-state index in [4.69, 9.17) is 0 Å². The van der Waals surface area contributed by atoms with Crippen LogP contribution in [0, 0.1) is 11.8 Å². The molecule has 0 rings (SSSR count). The Bertz CT molecular complexity index is 122. The Balaban J connectivity index is 3.30. The summed E-state index contributed by atoms with van der Waals surface area (Å²) in [5.41, 5.74) is 0. The standard InChI is InChI=1S/C13H26/c1-5-6-7-8-9-10-11-13(4)12(2)3/h9-10,12-13H,5-8,11H2,1-4H3/b10-9+. The third kappa shape index (κ3) is 8.08. The molecule has 0 aromatic carbocycles. The van der Waals surface area contributed by atoms with Gasteiger partial charge in [0.2, 0.25) is 0 Å². The maximum Gasteiger partial charge on any atom is -0.0322 e. The molecule has 0 heterocycles. The van der Waals surface area contributed by atoms with E-state index in [0.29, 0.717) is 0 Å². The second kappa shape index (κ2) is 8.34. The van der Waals surface area contributed by atoms with E-state index in [0.717, 1.165) is 11.8 Å². The van der Waals surface area contributed by atoms with Gasteiger partial charge in [0.05, 0.1) is 0 Å². The molecule has 0 aromatic rings. The zero-order valence-electron chi connectivity index (χ0n) is 9.84. The molecule has 0 N–H and O–H groups in total. The summed E-state index contributed by atoms with van der Waals surface area (Å²) >= 11 is 0. The van der Waals surface area contributed by atoms with Crippen LogP contribution in [0.15, 0.2) is 12.2 Å². The molecule has 0 fully saturated rings. The minimum atomic E-state index is 0.820. The Labute approximate surface area is 84.4 Å². The molecule has 1 unspecified atom stereocenters. The fourth-order valence-corrected chi connectivity index (χ4v) is 1.21. The Morgan fingerprint density at radius 3 is 2.23 bits per heavy atom. The Morgan fingerprint density at radius 1 is 1.00 bits per heavy atom. The monoisotopic (exact) mass is 182 g/mol. The maximum absolute atomic E-state index is 2.36. The zero-order valence-corrected chi connectivity index (χ0v) is 9.84. The topological polar surface area (TPSA) is 0 Å². The molecule has 78 valence electrons. The summed E-state index contributed by atoms with van der Waals surface area (Å²) in [5, 5.41) is 0. The van der Waals surface area contributed by atoms with E-state index in [-0.39, 0.29) is 0 Å². The lowest BCUT2D eigenvalue weighted by molar-refractivity contribution is 0.423. The van der Waals surface area contributed by atoms with Gasteiger partial charge in [-0.25, -0.2) is 0 Å². The number of hydrogen-bond donors (Lipinski definition) is 0. The lowest BCUT2D eigenvalue weighted by Gasteiger charge is -2.11. The highest BCUT2D eigenvalue weighted by molar-refractivity contribution is 4.83. The van der Waals surface area contributed by atoms with Crippen molar-refractivity contribution in [2.75, 3.05) is 0 Å². The lowest BCUT2D eigenvalue weighted by atomic mass is 9.94. The second-order valence-electron chi connectivity index (χ2n) is 4.42. The fraction of sp³-hybridized carbons (Fsp3) is 0.846. The summed E-state index contributed by atoms with van der Waals surface area (Å²) in [6.07, 6.45) is 11.3.